The number of aromatic nitrogens is 1. The van der Waals surface area contributed by atoms with E-state index in [2.05, 4.69) is 28.0 Å². The van der Waals surface area contributed by atoms with Crippen molar-refractivity contribution in [3.05, 3.63) is 63.3 Å². The van der Waals surface area contributed by atoms with Crippen molar-refractivity contribution in [1.82, 2.24) is 4.98 Å². The summed E-state index contributed by atoms with van der Waals surface area (Å²) < 4.78 is 0. The average molecular weight is 401 g/mol. The van der Waals surface area contributed by atoms with Crippen molar-refractivity contribution >= 4 is 17.2 Å². The summed E-state index contributed by atoms with van der Waals surface area (Å²) in [5.41, 5.74) is 2.16. The molecular formula is C22H19N5O3. The predicted molar refractivity (Wildman–Crippen MR) is 111 cm³/mol. The Morgan fingerprint density at radius 3 is 2.60 bits per heavy atom. The van der Waals surface area contributed by atoms with Gasteiger partial charge in [-0.2, -0.15) is 5.26 Å². The van der Waals surface area contributed by atoms with Gasteiger partial charge >= 0.3 is 5.69 Å². The van der Waals surface area contributed by atoms with Crippen LogP contribution in [0.15, 0.2) is 41.6 Å². The first-order chi connectivity index (χ1) is 14.5. The number of nitriles is 1. The molecule has 1 aromatic carbocycles. The zero-order valence-electron chi connectivity index (χ0n) is 16.5. The highest BCUT2D eigenvalue weighted by Gasteiger charge is 2.42. The first-order valence-electron chi connectivity index (χ1n) is 9.63. The van der Waals surface area contributed by atoms with E-state index in [1.54, 1.807) is 24.3 Å². The second kappa shape index (κ2) is 7.84. The Balaban J connectivity index is 1.44. The van der Waals surface area contributed by atoms with Crippen molar-refractivity contribution in [3.63, 3.8) is 0 Å². The highest BCUT2D eigenvalue weighted by molar-refractivity contribution is 6.02. The Labute approximate surface area is 173 Å². The Morgan fingerprint density at radius 1 is 1.17 bits per heavy atom. The van der Waals surface area contributed by atoms with E-state index < -0.39 is 10.5 Å². The predicted octanol–water partition coefficient (Wildman–Crippen LogP) is 3.34. The van der Waals surface area contributed by atoms with Gasteiger partial charge in [-0.05, 0) is 31.0 Å². The van der Waals surface area contributed by atoms with Gasteiger partial charge in [0.25, 0.3) is 0 Å². The Kier molecular flexibility index (Phi) is 5.07. The van der Waals surface area contributed by atoms with Crippen molar-refractivity contribution in [2.45, 2.75) is 31.8 Å². The van der Waals surface area contributed by atoms with E-state index in [9.17, 15) is 15.4 Å². The van der Waals surface area contributed by atoms with Gasteiger partial charge in [0.2, 0.25) is 5.82 Å². The molecule has 8 nitrogen and oxygen atoms in total. The number of nitro groups is 1. The minimum absolute atomic E-state index is 0.0165. The minimum Gasteiger partial charge on any atom is -0.388 e. The number of hydrogen-bond donors (Lipinski definition) is 0. The van der Waals surface area contributed by atoms with Crippen LogP contribution in [0.25, 0.3) is 0 Å². The van der Waals surface area contributed by atoms with Crippen molar-refractivity contribution in [3.8, 4) is 17.9 Å². The largest absolute Gasteiger partial charge is 0.388 e. The minimum atomic E-state index is -0.437. The lowest BCUT2D eigenvalue weighted by molar-refractivity contribution is -0.384. The van der Waals surface area contributed by atoms with E-state index >= 15 is 0 Å². The van der Waals surface area contributed by atoms with Crippen LogP contribution < -0.4 is 4.90 Å². The average Bonchev–Trinajstić information content (AvgIpc) is 3.15. The molecule has 2 aliphatic heterocycles. The summed E-state index contributed by atoms with van der Waals surface area (Å²) in [7, 11) is 0. The summed E-state index contributed by atoms with van der Waals surface area (Å²) in [5, 5.41) is 24.7. The maximum atomic E-state index is 11.4. The quantitative estimate of drug-likeness (QED) is 0.434. The molecule has 30 heavy (non-hydrogen) atoms. The maximum Gasteiger partial charge on any atom is 0.311 e. The third-order valence-electron chi connectivity index (χ3n) is 5.39. The summed E-state index contributed by atoms with van der Waals surface area (Å²) in [6, 6.07) is 12.5. The molecule has 0 N–H and O–H groups in total. The normalized spacial score (nSPS) is 16.8. The van der Waals surface area contributed by atoms with Crippen molar-refractivity contribution in [1.29, 1.82) is 5.26 Å². The van der Waals surface area contributed by atoms with Gasteiger partial charge in [-0.25, -0.2) is 4.98 Å². The lowest BCUT2D eigenvalue weighted by atomic mass is 9.87. The smallest absolute Gasteiger partial charge is 0.311 e. The van der Waals surface area contributed by atoms with Crippen LogP contribution >= 0.6 is 0 Å². The van der Waals surface area contributed by atoms with Gasteiger partial charge in [0, 0.05) is 49.7 Å². The first kappa shape index (κ1) is 19.4. The lowest BCUT2D eigenvalue weighted by Crippen LogP contribution is -2.45. The highest BCUT2D eigenvalue weighted by atomic mass is 16.7. The van der Waals surface area contributed by atoms with E-state index in [0.717, 1.165) is 5.69 Å². The number of piperidine rings is 1. The Morgan fingerprint density at radius 2 is 1.90 bits per heavy atom. The van der Waals surface area contributed by atoms with Crippen LogP contribution in [-0.4, -0.2) is 34.3 Å². The molecular weight excluding hydrogens is 382 g/mol. The van der Waals surface area contributed by atoms with Gasteiger partial charge in [-0.3, -0.25) is 10.1 Å². The van der Waals surface area contributed by atoms with Gasteiger partial charge in [0.15, 0.2) is 0 Å². The summed E-state index contributed by atoms with van der Waals surface area (Å²) in [4.78, 5) is 23.1. The van der Waals surface area contributed by atoms with E-state index in [1.165, 1.54) is 6.07 Å². The molecule has 0 unspecified atom stereocenters. The van der Waals surface area contributed by atoms with Crippen LogP contribution in [0.4, 0.5) is 11.5 Å². The summed E-state index contributed by atoms with van der Waals surface area (Å²) in [5.74, 6) is 6.44. The summed E-state index contributed by atoms with van der Waals surface area (Å²) in [6.45, 7) is 3.00. The zero-order valence-corrected chi connectivity index (χ0v) is 16.5. The standard InChI is InChI=1S/C22H19N5O3/c1-16-6-9-20(27(28)29)21(24-16)26-12-10-22(11-13-26)14-19(25-30-22)8-7-17-4-2-3-5-18(17)15-23/h2-6,9H,10-14H2,1H3. The fourth-order valence-corrected chi connectivity index (χ4v) is 3.72. The second-order valence-electron chi connectivity index (χ2n) is 7.44. The molecule has 3 heterocycles. The Bertz CT molecular complexity index is 1130. The maximum absolute atomic E-state index is 11.4. The molecule has 0 saturated carbocycles. The summed E-state index contributed by atoms with van der Waals surface area (Å²) >= 11 is 0. The number of aryl methyl sites for hydroxylation is 1. The molecule has 0 aliphatic carbocycles. The molecule has 0 atom stereocenters. The summed E-state index contributed by atoms with van der Waals surface area (Å²) in [6.07, 6.45) is 1.93. The number of pyridine rings is 1. The second-order valence-corrected chi connectivity index (χ2v) is 7.44. The molecule has 1 fully saturated rings. The molecule has 2 aromatic rings. The number of hydrogen-bond acceptors (Lipinski definition) is 7. The van der Waals surface area contributed by atoms with Crippen LogP contribution in [0.3, 0.4) is 0 Å². The van der Waals surface area contributed by atoms with E-state index in [-0.39, 0.29) is 5.69 Å². The van der Waals surface area contributed by atoms with Gasteiger partial charge < -0.3 is 9.74 Å². The van der Waals surface area contributed by atoms with Crippen molar-refractivity contribution in [2.75, 3.05) is 18.0 Å². The molecule has 0 amide bonds. The van der Waals surface area contributed by atoms with E-state index in [4.69, 9.17) is 4.84 Å². The molecule has 2 aliphatic rings. The number of benzene rings is 1. The lowest BCUT2D eigenvalue weighted by Gasteiger charge is -2.37. The van der Waals surface area contributed by atoms with Crippen LogP contribution in [0.5, 0.6) is 0 Å². The number of oxime groups is 1. The molecule has 4 rings (SSSR count). The van der Waals surface area contributed by atoms with Crippen LogP contribution in [0, 0.1) is 40.2 Å². The zero-order chi connectivity index (χ0) is 21.1. The third kappa shape index (κ3) is 3.81. The molecule has 0 radical (unpaired) electrons. The van der Waals surface area contributed by atoms with E-state index in [0.29, 0.717) is 55.0 Å². The molecule has 1 saturated heterocycles. The number of nitrogens with zero attached hydrogens (tertiary/aromatic N) is 5. The fourth-order valence-electron chi connectivity index (χ4n) is 3.72. The van der Waals surface area contributed by atoms with E-state index in [1.807, 2.05) is 17.9 Å². The van der Waals surface area contributed by atoms with Crippen molar-refractivity contribution in [2.24, 2.45) is 5.16 Å². The SMILES string of the molecule is Cc1ccc([N+](=O)[O-])c(N2CCC3(CC2)CC(C#Cc2ccccc2C#N)=NO3)n1. The molecule has 8 heteroatoms. The van der Waals surface area contributed by atoms with Gasteiger partial charge in [-0.1, -0.05) is 23.2 Å². The third-order valence-corrected chi connectivity index (χ3v) is 5.39. The molecule has 1 aromatic heterocycles. The monoisotopic (exact) mass is 401 g/mol. The van der Waals surface area contributed by atoms with Crippen LogP contribution in [0.2, 0.25) is 0 Å². The molecule has 150 valence electrons. The first-order valence-corrected chi connectivity index (χ1v) is 9.63. The van der Waals surface area contributed by atoms with Gasteiger partial charge in [-0.15, -0.1) is 0 Å². The molecule has 0 bridgehead atoms. The molecule has 1 spiro atoms. The topological polar surface area (TPSA) is 105 Å². The number of rotatable bonds is 2. The van der Waals surface area contributed by atoms with Gasteiger partial charge in [0.1, 0.15) is 17.4 Å². The number of anilines is 1. The Hall–Kier alpha value is -3.91. The van der Waals surface area contributed by atoms with Crippen LogP contribution in [0.1, 0.15) is 36.1 Å². The van der Waals surface area contributed by atoms with Gasteiger partial charge in [0.05, 0.1) is 10.5 Å². The highest BCUT2D eigenvalue weighted by Crippen LogP contribution is 2.37. The fraction of sp³-hybridized carbons (Fsp3) is 0.318. The van der Waals surface area contributed by atoms with Crippen LogP contribution in [-0.2, 0) is 4.84 Å². The van der Waals surface area contributed by atoms with Crippen molar-refractivity contribution < 1.29 is 9.76 Å².